The standard InChI is InChI=1S/C14H10O4S2.C7H5ClO2.C3H7NO/c15-13(16)9-5-1-3-7-11(9)19-20-12-8-4-2-6-10(12)14(17)18;8-6-4-2-1-3-5(6)7(9)10;1-4(2)3-5/h1-8H,(H,15,16)(H,17,18);1-4H,(H,9,10);3H,1-2H3. The fourth-order valence-electron chi connectivity index (χ4n) is 2.16. The minimum Gasteiger partial charge on any atom is -0.478 e. The molecule has 0 fully saturated rings. The summed E-state index contributed by atoms with van der Waals surface area (Å²) in [6, 6.07) is 19.6. The molecule has 0 saturated carbocycles. The van der Waals surface area contributed by atoms with Gasteiger partial charge in [0, 0.05) is 23.9 Å². The molecular weight excluding hydrogens is 514 g/mol. The van der Waals surface area contributed by atoms with E-state index < -0.39 is 17.9 Å². The van der Waals surface area contributed by atoms with Crippen molar-refractivity contribution in [2.45, 2.75) is 9.79 Å². The Bertz CT molecular complexity index is 1110. The van der Waals surface area contributed by atoms with E-state index in [-0.39, 0.29) is 21.7 Å². The Morgan fingerprint density at radius 2 is 1.00 bits per heavy atom. The number of benzene rings is 3. The van der Waals surface area contributed by atoms with Crippen LogP contribution in [0.2, 0.25) is 5.02 Å². The molecule has 8 nitrogen and oxygen atoms in total. The topological polar surface area (TPSA) is 132 Å². The van der Waals surface area contributed by atoms with E-state index in [0.717, 1.165) is 6.41 Å². The number of carboxylic acids is 3. The molecule has 3 rings (SSSR count). The van der Waals surface area contributed by atoms with Crippen LogP contribution < -0.4 is 0 Å². The Morgan fingerprint density at radius 1 is 0.686 bits per heavy atom. The molecule has 0 bridgehead atoms. The van der Waals surface area contributed by atoms with E-state index in [1.54, 1.807) is 68.7 Å². The molecule has 184 valence electrons. The van der Waals surface area contributed by atoms with E-state index >= 15 is 0 Å². The van der Waals surface area contributed by atoms with Crippen LogP contribution in [0.25, 0.3) is 0 Å². The van der Waals surface area contributed by atoms with Gasteiger partial charge in [-0.25, -0.2) is 14.4 Å². The zero-order valence-corrected chi connectivity index (χ0v) is 21.0. The number of carboxylic acid groups (broad SMARTS) is 3. The highest BCUT2D eigenvalue weighted by Crippen LogP contribution is 2.40. The van der Waals surface area contributed by atoms with Crippen LogP contribution in [-0.2, 0) is 4.79 Å². The molecule has 3 aromatic carbocycles. The molecule has 0 heterocycles. The van der Waals surface area contributed by atoms with Crippen molar-refractivity contribution in [2.75, 3.05) is 14.1 Å². The SMILES string of the molecule is CN(C)C=O.O=C(O)c1ccccc1Cl.O=C(O)c1ccccc1SSc1ccccc1C(=O)O. The summed E-state index contributed by atoms with van der Waals surface area (Å²) in [7, 11) is 5.84. The Labute approximate surface area is 214 Å². The first-order chi connectivity index (χ1) is 16.6. The molecule has 0 radical (unpaired) electrons. The number of hydrogen-bond acceptors (Lipinski definition) is 6. The molecule has 11 heteroatoms. The number of rotatable bonds is 7. The molecule has 0 aromatic heterocycles. The van der Waals surface area contributed by atoms with E-state index in [1.807, 2.05) is 0 Å². The summed E-state index contributed by atoms with van der Waals surface area (Å²) in [6.45, 7) is 0. The molecule has 3 aromatic rings. The van der Waals surface area contributed by atoms with Crippen LogP contribution in [0.15, 0.2) is 82.6 Å². The average Bonchev–Trinajstić information content (AvgIpc) is 2.83. The first kappa shape index (κ1) is 29.6. The number of nitrogens with zero attached hydrogens (tertiary/aromatic N) is 1. The first-order valence-electron chi connectivity index (χ1n) is 9.67. The van der Waals surface area contributed by atoms with Crippen molar-refractivity contribution in [3.05, 3.63) is 94.5 Å². The van der Waals surface area contributed by atoms with Gasteiger partial charge in [-0.1, -0.05) is 69.6 Å². The normalized spacial score (nSPS) is 9.46. The van der Waals surface area contributed by atoms with Gasteiger partial charge < -0.3 is 20.2 Å². The summed E-state index contributed by atoms with van der Waals surface area (Å²) in [5, 5.41) is 26.9. The second-order valence-corrected chi connectivity index (χ2v) is 9.24. The highest BCUT2D eigenvalue weighted by atomic mass is 35.5. The molecule has 0 aliphatic heterocycles. The molecule has 0 aliphatic rings. The smallest absolute Gasteiger partial charge is 0.337 e. The number of aromatic carboxylic acids is 3. The fraction of sp³-hybridized carbons (Fsp3) is 0.0833. The zero-order valence-electron chi connectivity index (χ0n) is 18.6. The number of halogens is 1. The van der Waals surface area contributed by atoms with Gasteiger partial charge in [0.1, 0.15) is 0 Å². The van der Waals surface area contributed by atoms with Crippen molar-refractivity contribution >= 4 is 57.5 Å². The lowest BCUT2D eigenvalue weighted by Gasteiger charge is -2.06. The molecule has 0 aliphatic carbocycles. The summed E-state index contributed by atoms with van der Waals surface area (Å²) in [4.78, 5) is 44.6. The van der Waals surface area contributed by atoms with Crippen LogP contribution in [0.4, 0.5) is 0 Å². The Morgan fingerprint density at radius 3 is 1.29 bits per heavy atom. The Hall–Kier alpha value is -3.47. The first-order valence-corrected chi connectivity index (χ1v) is 12.2. The monoisotopic (exact) mass is 535 g/mol. The van der Waals surface area contributed by atoms with Gasteiger partial charge in [-0.15, -0.1) is 0 Å². The molecule has 0 atom stereocenters. The lowest BCUT2D eigenvalue weighted by atomic mass is 10.2. The van der Waals surface area contributed by atoms with Gasteiger partial charge in [-0.05, 0) is 36.4 Å². The third-order valence-corrected chi connectivity index (χ3v) is 6.58. The molecule has 0 spiro atoms. The summed E-state index contributed by atoms with van der Waals surface area (Å²) in [5.74, 6) is -2.99. The average molecular weight is 536 g/mol. The van der Waals surface area contributed by atoms with Crippen LogP contribution in [0, 0.1) is 0 Å². The third-order valence-electron chi connectivity index (χ3n) is 3.77. The van der Waals surface area contributed by atoms with Crippen molar-refractivity contribution in [3.8, 4) is 0 Å². The number of amides is 1. The molecule has 0 saturated heterocycles. The quantitative estimate of drug-likeness (QED) is 0.260. The van der Waals surface area contributed by atoms with Gasteiger partial charge in [-0.2, -0.15) is 0 Å². The highest BCUT2D eigenvalue weighted by molar-refractivity contribution is 8.76. The van der Waals surface area contributed by atoms with Crippen LogP contribution >= 0.6 is 33.2 Å². The van der Waals surface area contributed by atoms with Crippen molar-refractivity contribution < 1.29 is 34.5 Å². The van der Waals surface area contributed by atoms with E-state index in [2.05, 4.69) is 0 Å². The molecule has 1 amide bonds. The number of hydrogen-bond donors (Lipinski definition) is 3. The third kappa shape index (κ3) is 10.6. The van der Waals surface area contributed by atoms with Crippen LogP contribution in [0.3, 0.4) is 0 Å². The molecule has 3 N–H and O–H groups in total. The lowest BCUT2D eigenvalue weighted by molar-refractivity contribution is -0.115. The van der Waals surface area contributed by atoms with Crippen molar-refractivity contribution in [2.24, 2.45) is 0 Å². The van der Waals surface area contributed by atoms with Gasteiger partial charge in [0.2, 0.25) is 6.41 Å². The molecular formula is C24H22ClNO7S2. The Kier molecular flexibility index (Phi) is 13.0. The van der Waals surface area contributed by atoms with Crippen molar-refractivity contribution in [3.63, 3.8) is 0 Å². The van der Waals surface area contributed by atoms with E-state index in [9.17, 15) is 19.2 Å². The summed E-state index contributed by atoms with van der Waals surface area (Å²) >= 11 is 5.54. The maximum Gasteiger partial charge on any atom is 0.337 e. The van der Waals surface area contributed by atoms with Crippen molar-refractivity contribution in [1.82, 2.24) is 4.90 Å². The van der Waals surface area contributed by atoms with Gasteiger partial charge in [0.15, 0.2) is 0 Å². The summed E-state index contributed by atoms with van der Waals surface area (Å²) in [6.07, 6.45) is 0.750. The maximum absolute atomic E-state index is 11.1. The second-order valence-electron chi connectivity index (χ2n) is 6.62. The van der Waals surface area contributed by atoms with E-state index in [4.69, 9.17) is 26.9 Å². The lowest BCUT2D eigenvalue weighted by Crippen LogP contribution is -2.06. The zero-order chi connectivity index (χ0) is 26.4. The summed E-state index contributed by atoms with van der Waals surface area (Å²) in [5.41, 5.74) is 0.555. The molecule has 0 unspecified atom stereocenters. The summed E-state index contributed by atoms with van der Waals surface area (Å²) < 4.78 is 0. The van der Waals surface area contributed by atoms with Gasteiger partial charge in [0.25, 0.3) is 0 Å². The van der Waals surface area contributed by atoms with Gasteiger partial charge >= 0.3 is 17.9 Å². The van der Waals surface area contributed by atoms with Gasteiger partial charge in [0.05, 0.1) is 21.7 Å². The predicted octanol–water partition coefficient (Wildman–Crippen LogP) is 5.63. The predicted molar refractivity (Wildman–Crippen MR) is 137 cm³/mol. The van der Waals surface area contributed by atoms with Crippen LogP contribution in [0.5, 0.6) is 0 Å². The van der Waals surface area contributed by atoms with E-state index in [0.29, 0.717) is 9.79 Å². The van der Waals surface area contributed by atoms with Crippen molar-refractivity contribution in [1.29, 1.82) is 0 Å². The highest BCUT2D eigenvalue weighted by Gasteiger charge is 2.13. The molecule has 35 heavy (non-hydrogen) atoms. The number of carbonyl (C=O) groups excluding carboxylic acids is 1. The van der Waals surface area contributed by atoms with Gasteiger partial charge in [-0.3, -0.25) is 4.79 Å². The van der Waals surface area contributed by atoms with Crippen LogP contribution in [-0.4, -0.2) is 58.6 Å². The Balaban J connectivity index is 0.000000338. The fourth-order valence-corrected chi connectivity index (χ4v) is 4.72. The minimum atomic E-state index is -1.000. The van der Waals surface area contributed by atoms with Crippen LogP contribution in [0.1, 0.15) is 31.1 Å². The van der Waals surface area contributed by atoms with E-state index in [1.165, 1.54) is 44.7 Å². The number of carbonyl (C=O) groups is 4. The maximum atomic E-state index is 11.1. The second kappa shape index (κ2) is 15.4. The largest absolute Gasteiger partial charge is 0.478 e. The minimum absolute atomic E-state index is 0.143.